The molecule has 0 aliphatic heterocycles. The molecule has 8 nitrogen and oxygen atoms in total. The molecule has 0 bridgehead atoms. The lowest BCUT2D eigenvalue weighted by Crippen LogP contribution is -2.31. The summed E-state index contributed by atoms with van der Waals surface area (Å²) in [4.78, 5) is 31.7. The molecule has 2 aromatic heterocycles. The van der Waals surface area contributed by atoms with Crippen molar-refractivity contribution in [2.24, 2.45) is 0 Å². The standard InChI is InChI=1S/C9H10N4O4/c14-2-6(16)5(15)1-13-4-12-7-8(13)10-3-11-9(7)17/h2-6,15-16H,1H2,(H,10,11,17)/t5-,6+/m0/s1. The van der Waals surface area contributed by atoms with Crippen molar-refractivity contribution in [3.8, 4) is 0 Å². The third kappa shape index (κ3) is 2.08. The molecule has 0 aliphatic carbocycles. The molecule has 0 saturated heterocycles. The Hall–Kier alpha value is -2.06. The number of H-pyrrole nitrogens is 1. The minimum absolute atomic E-state index is 0.0765. The van der Waals surface area contributed by atoms with E-state index in [9.17, 15) is 14.7 Å². The number of imidazole rings is 1. The first-order valence-corrected chi connectivity index (χ1v) is 4.83. The lowest BCUT2D eigenvalue weighted by Gasteiger charge is -2.12. The second-order valence-electron chi connectivity index (χ2n) is 3.49. The number of aromatic amines is 1. The highest BCUT2D eigenvalue weighted by Crippen LogP contribution is 2.06. The molecule has 2 rings (SSSR count). The van der Waals surface area contributed by atoms with Crippen LogP contribution in [0.5, 0.6) is 0 Å². The van der Waals surface area contributed by atoms with E-state index in [0.717, 1.165) is 0 Å². The lowest BCUT2D eigenvalue weighted by molar-refractivity contribution is -0.120. The molecule has 2 atom stereocenters. The van der Waals surface area contributed by atoms with Crippen LogP contribution < -0.4 is 5.56 Å². The highest BCUT2D eigenvalue weighted by molar-refractivity contribution is 5.68. The third-order valence-electron chi connectivity index (χ3n) is 2.33. The Balaban J connectivity index is 2.34. The number of aldehydes is 1. The smallest absolute Gasteiger partial charge is 0.278 e. The minimum Gasteiger partial charge on any atom is -0.388 e. The Morgan fingerprint density at radius 3 is 2.94 bits per heavy atom. The summed E-state index contributed by atoms with van der Waals surface area (Å²) in [6.07, 6.45) is 0.0173. The van der Waals surface area contributed by atoms with Crippen molar-refractivity contribution in [2.45, 2.75) is 18.8 Å². The highest BCUT2D eigenvalue weighted by atomic mass is 16.3. The fourth-order valence-electron chi connectivity index (χ4n) is 1.43. The molecule has 0 amide bonds. The Kier molecular flexibility index (Phi) is 2.98. The first-order chi connectivity index (χ1) is 8.13. The van der Waals surface area contributed by atoms with Crippen molar-refractivity contribution in [3.05, 3.63) is 23.0 Å². The molecule has 0 aliphatic rings. The number of hydrogen-bond acceptors (Lipinski definition) is 6. The Bertz CT molecular complexity index is 590. The van der Waals surface area contributed by atoms with Crippen LogP contribution in [-0.2, 0) is 11.3 Å². The minimum atomic E-state index is -1.48. The van der Waals surface area contributed by atoms with Crippen LogP contribution in [0.3, 0.4) is 0 Å². The molecule has 0 aromatic carbocycles. The molecule has 2 aromatic rings. The van der Waals surface area contributed by atoms with Gasteiger partial charge in [-0.2, -0.15) is 0 Å². The number of hydrogen-bond donors (Lipinski definition) is 3. The number of carbonyl (C=O) groups excluding carboxylic acids is 1. The van der Waals surface area contributed by atoms with E-state index < -0.39 is 12.2 Å². The zero-order chi connectivity index (χ0) is 12.4. The van der Waals surface area contributed by atoms with Gasteiger partial charge in [0.25, 0.3) is 5.56 Å². The van der Waals surface area contributed by atoms with Crippen molar-refractivity contribution >= 4 is 17.5 Å². The van der Waals surface area contributed by atoms with Crippen LogP contribution in [-0.4, -0.2) is 48.2 Å². The summed E-state index contributed by atoms with van der Waals surface area (Å²) < 4.78 is 1.39. The molecule has 0 radical (unpaired) electrons. The maximum Gasteiger partial charge on any atom is 0.278 e. The van der Waals surface area contributed by atoms with E-state index >= 15 is 0 Å². The number of rotatable bonds is 4. The second-order valence-corrected chi connectivity index (χ2v) is 3.49. The molecule has 0 unspecified atom stereocenters. The maximum absolute atomic E-state index is 11.3. The summed E-state index contributed by atoms with van der Waals surface area (Å²) in [6.45, 7) is -0.0765. The van der Waals surface area contributed by atoms with Crippen LogP contribution in [0.25, 0.3) is 11.2 Å². The van der Waals surface area contributed by atoms with Crippen molar-refractivity contribution in [3.63, 3.8) is 0 Å². The molecule has 3 N–H and O–H groups in total. The van der Waals surface area contributed by atoms with Gasteiger partial charge in [-0.1, -0.05) is 0 Å². The van der Waals surface area contributed by atoms with Gasteiger partial charge in [-0.05, 0) is 0 Å². The van der Waals surface area contributed by atoms with E-state index in [1.807, 2.05) is 0 Å². The molecule has 0 saturated carbocycles. The van der Waals surface area contributed by atoms with E-state index in [1.54, 1.807) is 0 Å². The fraction of sp³-hybridized carbons (Fsp3) is 0.333. The summed E-state index contributed by atoms with van der Waals surface area (Å²) in [5, 5.41) is 18.6. The van der Waals surface area contributed by atoms with E-state index in [2.05, 4.69) is 15.0 Å². The normalized spacial score (nSPS) is 14.7. The number of aliphatic hydroxyl groups is 2. The van der Waals surface area contributed by atoms with Gasteiger partial charge in [0.1, 0.15) is 12.2 Å². The van der Waals surface area contributed by atoms with Crippen LogP contribution >= 0.6 is 0 Å². The van der Waals surface area contributed by atoms with Gasteiger partial charge in [0.2, 0.25) is 0 Å². The summed E-state index contributed by atoms with van der Waals surface area (Å²) in [5.74, 6) is 0. The zero-order valence-corrected chi connectivity index (χ0v) is 8.65. The number of nitrogens with zero attached hydrogens (tertiary/aromatic N) is 3. The first kappa shape index (κ1) is 11.4. The summed E-state index contributed by atoms with van der Waals surface area (Å²) in [6, 6.07) is 0. The van der Waals surface area contributed by atoms with Gasteiger partial charge in [-0.25, -0.2) is 9.97 Å². The zero-order valence-electron chi connectivity index (χ0n) is 8.65. The third-order valence-corrected chi connectivity index (χ3v) is 2.33. The van der Waals surface area contributed by atoms with Crippen molar-refractivity contribution in [1.29, 1.82) is 0 Å². The quantitative estimate of drug-likeness (QED) is 0.532. The fourth-order valence-corrected chi connectivity index (χ4v) is 1.43. The SMILES string of the molecule is O=C[C@@H](O)[C@@H](O)Cn1cnc2c(=O)[nH]cnc21. The van der Waals surface area contributed by atoms with Gasteiger partial charge in [-0.15, -0.1) is 0 Å². The Labute approximate surface area is 94.6 Å². The Morgan fingerprint density at radius 1 is 1.47 bits per heavy atom. The van der Waals surface area contributed by atoms with E-state index in [1.165, 1.54) is 17.2 Å². The number of fused-ring (bicyclic) bond motifs is 1. The van der Waals surface area contributed by atoms with Crippen LogP contribution in [0.1, 0.15) is 0 Å². The highest BCUT2D eigenvalue weighted by Gasteiger charge is 2.17. The molecule has 0 spiro atoms. The number of aromatic nitrogens is 4. The first-order valence-electron chi connectivity index (χ1n) is 4.83. The predicted octanol–water partition coefficient (Wildman–Crippen LogP) is -1.96. The molecule has 17 heavy (non-hydrogen) atoms. The average Bonchev–Trinajstić information content (AvgIpc) is 2.73. The molecule has 0 fully saturated rings. The van der Waals surface area contributed by atoms with Crippen LogP contribution in [0, 0.1) is 0 Å². The Morgan fingerprint density at radius 2 is 2.24 bits per heavy atom. The monoisotopic (exact) mass is 238 g/mol. The predicted molar refractivity (Wildman–Crippen MR) is 56.2 cm³/mol. The topological polar surface area (TPSA) is 121 Å². The van der Waals surface area contributed by atoms with E-state index in [0.29, 0.717) is 0 Å². The van der Waals surface area contributed by atoms with Gasteiger partial charge in [0, 0.05) is 0 Å². The number of aliphatic hydroxyl groups excluding tert-OH is 2. The van der Waals surface area contributed by atoms with Gasteiger partial charge in [-0.3, -0.25) is 4.79 Å². The molecule has 2 heterocycles. The summed E-state index contributed by atoms with van der Waals surface area (Å²) in [5.41, 5.74) is 0.0327. The molecule has 8 heteroatoms. The van der Waals surface area contributed by atoms with Gasteiger partial charge in [0.15, 0.2) is 17.5 Å². The van der Waals surface area contributed by atoms with E-state index in [4.69, 9.17) is 5.11 Å². The summed E-state index contributed by atoms with van der Waals surface area (Å²) >= 11 is 0. The van der Waals surface area contributed by atoms with Crippen molar-refractivity contribution in [1.82, 2.24) is 19.5 Å². The maximum atomic E-state index is 11.3. The van der Waals surface area contributed by atoms with Crippen LogP contribution in [0.4, 0.5) is 0 Å². The van der Waals surface area contributed by atoms with Crippen LogP contribution in [0.15, 0.2) is 17.4 Å². The molecule has 90 valence electrons. The lowest BCUT2D eigenvalue weighted by atomic mass is 10.2. The number of carbonyl (C=O) groups is 1. The van der Waals surface area contributed by atoms with Crippen LogP contribution in [0.2, 0.25) is 0 Å². The largest absolute Gasteiger partial charge is 0.388 e. The molecular formula is C9H10N4O4. The van der Waals surface area contributed by atoms with Crippen molar-refractivity contribution < 1.29 is 15.0 Å². The average molecular weight is 238 g/mol. The van der Waals surface area contributed by atoms with Crippen molar-refractivity contribution in [2.75, 3.05) is 0 Å². The number of nitrogens with one attached hydrogen (secondary N) is 1. The molecular weight excluding hydrogens is 228 g/mol. The van der Waals surface area contributed by atoms with Gasteiger partial charge in [0.05, 0.1) is 19.2 Å². The van der Waals surface area contributed by atoms with E-state index in [-0.39, 0.29) is 29.6 Å². The second kappa shape index (κ2) is 4.44. The van der Waals surface area contributed by atoms with Gasteiger partial charge < -0.3 is 24.6 Å². The van der Waals surface area contributed by atoms with Gasteiger partial charge >= 0.3 is 0 Å². The summed E-state index contributed by atoms with van der Waals surface area (Å²) in [7, 11) is 0.